The van der Waals surface area contributed by atoms with Crippen molar-refractivity contribution >= 4 is 35.4 Å². The topological polar surface area (TPSA) is 87.7 Å². The number of carbonyl (C=O) groups is 3. The van der Waals surface area contributed by atoms with E-state index in [1.807, 2.05) is 37.4 Å². The Kier molecular flexibility index (Phi) is 10.1. The Balaban J connectivity index is 2.03. The predicted molar refractivity (Wildman–Crippen MR) is 157 cm³/mol. The van der Waals surface area contributed by atoms with E-state index in [9.17, 15) is 14.4 Å². The molecule has 0 radical (unpaired) electrons. The maximum atomic E-state index is 14.3. The molecule has 0 saturated heterocycles. The Morgan fingerprint density at radius 1 is 1.15 bits per heavy atom. The van der Waals surface area contributed by atoms with Crippen LogP contribution >= 0.6 is 11.8 Å². The number of hydrogen-bond donors (Lipinski definition) is 2. The fourth-order valence-corrected chi connectivity index (χ4v) is 4.88. The van der Waals surface area contributed by atoms with Crippen LogP contribution < -0.4 is 10.6 Å². The van der Waals surface area contributed by atoms with E-state index in [1.54, 1.807) is 61.7 Å². The summed E-state index contributed by atoms with van der Waals surface area (Å²) >= 11 is 1.58. The minimum absolute atomic E-state index is 0.144. The number of aryl methyl sites for hydroxylation is 1. The molecule has 208 valence electrons. The van der Waals surface area contributed by atoms with Gasteiger partial charge in [0.15, 0.2) is 0 Å². The third-order valence-corrected chi connectivity index (χ3v) is 7.24. The Morgan fingerprint density at radius 3 is 2.33 bits per heavy atom. The number of nitrogens with zero attached hydrogens (tertiary/aromatic N) is 1. The van der Waals surface area contributed by atoms with Gasteiger partial charge in [0.05, 0.1) is 0 Å². The molecule has 3 rings (SSSR count). The highest BCUT2D eigenvalue weighted by molar-refractivity contribution is 7.98. The van der Waals surface area contributed by atoms with Crippen LogP contribution in [0, 0.1) is 25.2 Å². The fraction of sp³-hybridized carbons (Fsp3) is 0.452. The number of terminal acetylenes is 1. The van der Waals surface area contributed by atoms with Gasteiger partial charge >= 0.3 is 6.09 Å². The molecule has 0 aromatic heterocycles. The quantitative estimate of drug-likeness (QED) is 0.380. The monoisotopic (exact) mass is 549 g/mol. The zero-order chi connectivity index (χ0) is 28.7. The van der Waals surface area contributed by atoms with Gasteiger partial charge in [-0.2, -0.15) is 11.8 Å². The van der Waals surface area contributed by atoms with Gasteiger partial charge < -0.3 is 20.3 Å². The Labute approximate surface area is 236 Å². The molecule has 39 heavy (non-hydrogen) atoms. The van der Waals surface area contributed by atoms with Crippen LogP contribution in [-0.2, 0) is 14.3 Å². The maximum Gasteiger partial charge on any atom is 0.408 e. The first-order valence-corrected chi connectivity index (χ1v) is 14.6. The van der Waals surface area contributed by atoms with Gasteiger partial charge in [0.2, 0.25) is 5.91 Å². The second-order valence-electron chi connectivity index (χ2n) is 11.0. The van der Waals surface area contributed by atoms with Crippen molar-refractivity contribution in [2.75, 3.05) is 17.3 Å². The molecule has 8 heteroatoms. The highest BCUT2D eigenvalue weighted by Crippen LogP contribution is 2.41. The van der Waals surface area contributed by atoms with Gasteiger partial charge in [-0.05, 0) is 87.8 Å². The van der Waals surface area contributed by atoms with Crippen molar-refractivity contribution in [3.8, 4) is 12.3 Å². The number of nitrogens with one attached hydrogen (secondary N) is 2. The molecular formula is C31H39N3O4S. The van der Waals surface area contributed by atoms with Crippen LogP contribution in [-0.4, -0.2) is 52.5 Å². The molecule has 4 atom stereocenters. The highest BCUT2D eigenvalue weighted by atomic mass is 32.2. The summed E-state index contributed by atoms with van der Waals surface area (Å²) in [5, 5.41) is 5.82. The predicted octanol–water partition coefficient (Wildman–Crippen LogP) is 5.54. The van der Waals surface area contributed by atoms with Crippen molar-refractivity contribution in [1.82, 2.24) is 10.2 Å². The normalized spacial score (nSPS) is 17.8. The molecule has 0 bridgehead atoms. The number of carbonyl (C=O) groups excluding carboxylic acids is 3. The van der Waals surface area contributed by atoms with Crippen molar-refractivity contribution in [2.45, 2.75) is 71.2 Å². The van der Waals surface area contributed by atoms with Crippen LogP contribution in [0.1, 0.15) is 63.3 Å². The lowest BCUT2D eigenvalue weighted by Crippen LogP contribution is -2.53. The summed E-state index contributed by atoms with van der Waals surface area (Å²) in [7, 11) is 0. The molecule has 1 aliphatic carbocycles. The summed E-state index contributed by atoms with van der Waals surface area (Å²) in [5.41, 5.74) is 2.20. The lowest BCUT2D eigenvalue weighted by molar-refractivity contribution is -0.141. The van der Waals surface area contributed by atoms with Crippen LogP contribution in [0.2, 0.25) is 0 Å². The summed E-state index contributed by atoms with van der Waals surface area (Å²) in [6.07, 6.45) is 8.02. The fourth-order valence-electron chi connectivity index (χ4n) is 4.41. The molecule has 3 amide bonds. The van der Waals surface area contributed by atoms with Gasteiger partial charge in [0.1, 0.15) is 17.7 Å². The summed E-state index contributed by atoms with van der Waals surface area (Å²) < 4.78 is 5.46. The molecule has 0 aliphatic heterocycles. The van der Waals surface area contributed by atoms with Gasteiger partial charge in [0, 0.05) is 17.3 Å². The van der Waals surface area contributed by atoms with E-state index >= 15 is 0 Å². The molecule has 1 fully saturated rings. The number of anilines is 1. The number of amides is 3. The summed E-state index contributed by atoms with van der Waals surface area (Å²) in [6.45, 7) is 9.29. The Bertz CT molecular complexity index is 1220. The Morgan fingerprint density at radius 2 is 1.79 bits per heavy atom. The second kappa shape index (κ2) is 13.1. The molecule has 4 unspecified atom stereocenters. The van der Waals surface area contributed by atoms with E-state index in [1.165, 1.54) is 0 Å². The molecule has 2 N–H and O–H groups in total. The standard InChI is InChI=1S/C31H39N3O4S/c1-8-22-13-15-23(16-14-22)27(28(35)32-24-12-10-9-11-20(24)2)34(26-19-21(26)3)29(36)25(17-18-39-7)33-30(37)38-31(4,5)6/h1,9-16,21,25-27H,17-19H2,2-7H3,(H,32,35)(H,33,37). The highest BCUT2D eigenvalue weighted by Gasteiger charge is 2.48. The van der Waals surface area contributed by atoms with Crippen molar-refractivity contribution in [1.29, 1.82) is 0 Å². The van der Waals surface area contributed by atoms with E-state index in [0.717, 1.165) is 12.0 Å². The first-order valence-electron chi connectivity index (χ1n) is 13.2. The minimum atomic E-state index is -0.920. The molecule has 2 aromatic carbocycles. The van der Waals surface area contributed by atoms with Crippen LogP contribution in [0.4, 0.5) is 10.5 Å². The summed E-state index contributed by atoms with van der Waals surface area (Å²) in [4.78, 5) is 42.6. The van der Waals surface area contributed by atoms with Crippen LogP contribution in [0.5, 0.6) is 0 Å². The molecule has 7 nitrogen and oxygen atoms in total. The number of alkyl carbamates (subject to hydrolysis) is 1. The van der Waals surface area contributed by atoms with Gasteiger partial charge in [-0.25, -0.2) is 4.79 Å². The van der Waals surface area contributed by atoms with Gasteiger partial charge in [0.25, 0.3) is 5.91 Å². The SMILES string of the molecule is C#Cc1ccc(C(C(=O)Nc2ccccc2C)N(C(=O)C(CCSC)NC(=O)OC(C)(C)C)C2CC2C)cc1. The second-order valence-corrected chi connectivity index (χ2v) is 12.0. The van der Waals surface area contributed by atoms with Gasteiger partial charge in [-0.3, -0.25) is 9.59 Å². The smallest absolute Gasteiger partial charge is 0.408 e. The van der Waals surface area contributed by atoms with E-state index < -0.39 is 23.8 Å². The first kappa shape index (κ1) is 30.1. The molecule has 1 saturated carbocycles. The molecule has 0 heterocycles. The lowest BCUT2D eigenvalue weighted by atomic mass is 10.00. The van der Waals surface area contributed by atoms with Gasteiger partial charge in [-0.15, -0.1) is 6.42 Å². The maximum absolute atomic E-state index is 14.3. The summed E-state index contributed by atoms with van der Waals surface area (Å²) in [6, 6.07) is 12.7. The third-order valence-electron chi connectivity index (χ3n) is 6.60. The summed E-state index contributed by atoms with van der Waals surface area (Å²) in [5.74, 6) is 2.83. The van der Waals surface area contributed by atoms with E-state index in [0.29, 0.717) is 29.0 Å². The number of benzene rings is 2. The number of thioether (sulfide) groups is 1. The number of ether oxygens (including phenoxy) is 1. The Hall–Kier alpha value is -3.44. The zero-order valence-electron chi connectivity index (χ0n) is 23.6. The van der Waals surface area contributed by atoms with Crippen molar-refractivity contribution < 1.29 is 19.1 Å². The molecule has 2 aromatic rings. The average molecular weight is 550 g/mol. The van der Waals surface area contributed by atoms with Crippen LogP contribution in [0.3, 0.4) is 0 Å². The van der Waals surface area contributed by atoms with Crippen molar-refractivity contribution in [3.63, 3.8) is 0 Å². The number of para-hydroxylation sites is 1. The van der Waals surface area contributed by atoms with Crippen molar-refractivity contribution in [3.05, 3.63) is 65.2 Å². The van der Waals surface area contributed by atoms with E-state index in [4.69, 9.17) is 11.2 Å². The molecule has 1 aliphatic rings. The molecule has 0 spiro atoms. The lowest BCUT2D eigenvalue weighted by Gasteiger charge is -2.35. The van der Waals surface area contributed by atoms with E-state index in [-0.39, 0.29) is 23.8 Å². The van der Waals surface area contributed by atoms with Gasteiger partial charge in [-0.1, -0.05) is 43.2 Å². The first-order chi connectivity index (χ1) is 18.4. The average Bonchev–Trinajstić information content (AvgIpc) is 3.60. The van der Waals surface area contributed by atoms with Crippen LogP contribution in [0.25, 0.3) is 0 Å². The number of rotatable bonds is 10. The van der Waals surface area contributed by atoms with Crippen molar-refractivity contribution in [2.24, 2.45) is 5.92 Å². The van der Waals surface area contributed by atoms with E-state index in [2.05, 4.69) is 23.5 Å². The minimum Gasteiger partial charge on any atom is -0.444 e. The third kappa shape index (κ3) is 8.27. The zero-order valence-corrected chi connectivity index (χ0v) is 24.4. The number of hydrogen-bond acceptors (Lipinski definition) is 5. The van der Waals surface area contributed by atoms with Crippen LogP contribution in [0.15, 0.2) is 48.5 Å². The largest absolute Gasteiger partial charge is 0.444 e. The molecular weight excluding hydrogens is 510 g/mol.